The third kappa shape index (κ3) is 5.43. The molecule has 0 aliphatic carbocycles. The summed E-state index contributed by atoms with van der Waals surface area (Å²) >= 11 is 0. The average Bonchev–Trinajstić information content (AvgIpc) is 2.32. The van der Waals surface area contributed by atoms with Crippen molar-refractivity contribution >= 4 is 11.9 Å². The van der Waals surface area contributed by atoms with Crippen molar-refractivity contribution in [2.75, 3.05) is 6.54 Å². The quantitative estimate of drug-likeness (QED) is 0.805. The number of carboxylic acid groups (broad SMARTS) is 1. The molecule has 2 N–H and O–H groups in total. The molecule has 0 saturated carbocycles. The number of benzene rings is 1. The predicted molar refractivity (Wildman–Crippen MR) is 78.9 cm³/mol. The first kappa shape index (κ1) is 16.2. The Labute approximate surface area is 120 Å². The van der Waals surface area contributed by atoms with Crippen LogP contribution in [0.2, 0.25) is 0 Å². The van der Waals surface area contributed by atoms with Gasteiger partial charge in [-0.2, -0.15) is 0 Å². The molecule has 1 amide bonds. The van der Waals surface area contributed by atoms with Gasteiger partial charge < -0.3 is 10.4 Å². The van der Waals surface area contributed by atoms with E-state index in [0.717, 1.165) is 12.8 Å². The number of hydrogen-bond donors (Lipinski definition) is 2. The van der Waals surface area contributed by atoms with Crippen LogP contribution in [0.25, 0.3) is 0 Å². The van der Waals surface area contributed by atoms with Crippen LogP contribution >= 0.6 is 0 Å². The number of carboxylic acids is 1. The normalized spacial score (nSPS) is 10.3. The maximum atomic E-state index is 11.5. The smallest absolute Gasteiger partial charge is 0.305 e. The molecule has 0 aromatic heterocycles. The molecule has 0 aliphatic rings. The Morgan fingerprint density at radius 3 is 2.25 bits per heavy atom. The molecule has 0 heterocycles. The summed E-state index contributed by atoms with van der Waals surface area (Å²) in [6.45, 7) is 6.49. The predicted octanol–water partition coefficient (Wildman–Crippen LogP) is 2.53. The van der Waals surface area contributed by atoms with Crippen molar-refractivity contribution < 1.29 is 14.7 Å². The molecular formula is C16H23NO3. The number of rotatable bonds is 7. The molecule has 4 nitrogen and oxygen atoms in total. The van der Waals surface area contributed by atoms with Gasteiger partial charge in [0.25, 0.3) is 0 Å². The Morgan fingerprint density at radius 2 is 1.70 bits per heavy atom. The van der Waals surface area contributed by atoms with Gasteiger partial charge >= 0.3 is 5.97 Å². The first-order chi connectivity index (χ1) is 9.40. The summed E-state index contributed by atoms with van der Waals surface area (Å²) in [6, 6.07) is 4.32. The molecule has 0 radical (unpaired) electrons. The highest BCUT2D eigenvalue weighted by Gasteiger charge is 2.06. The fraction of sp³-hybridized carbons (Fsp3) is 0.500. The topological polar surface area (TPSA) is 66.4 Å². The molecule has 0 aliphatic heterocycles. The van der Waals surface area contributed by atoms with Gasteiger partial charge in [0.15, 0.2) is 0 Å². The number of amides is 1. The van der Waals surface area contributed by atoms with Gasteiger partial charge in [-0.05, 0) is 50.3 Å². The summed E-state index contributed by atoms with van der Waals surface area (Å²) in [7, 11) is 0. The third-order valence-corrected chi connectivity index (χ3v) is 3.33. The zero-order chi connectivity index (χ0) is 15.1. The highest BCUT2D eigenvalue weighted by molar-refractivity contribution is 5.76. The summed E-state index contributed by atoms with van der Waals surface area (Å²) in [5.41, 5.74) is 5.12. The van der Waals surface area contributed by atoms with Crippen LogP contribution in [0.4, 0.5) is 0 Å². The third-order valence-electron chi connectivity index (χ3n) is 3.33. The summed E-state index contributed by atoms with van der Waals surface area (Å²) < 4.78 is 0. The minimum Gasteiger partial charge on any atom is -0.481 e. The number of carbonyl (C=O) groups is 2. The molecule has 0 spiro atoms. The number of aryl methyl sites for hydroxylation is 3. The Kier molecular flexibility index (Phi) is 6.22. The highest BCUT2D eigenvalue weighted by atomic mass is 16.4. The van der Waals surface area contributed by atoms with Crippen LogP contribution in [0.5, 0.6) is 0 Å². The molecule has 0 atom stereocenters. The Balaban J connectivity index is 2.37. The van der Waals surface area contributed by atoms with Gasteiger partial charge in [-0.3, -0.25) is 9.59 Å². The monoisotopic (exact) mass is 277 g/mol. The molecule has 1 aromatic rings. The zero-order valence-electron chi connectivity index (χ0n) is 12.5. The van der Waals surface area contributed by atoms with E-state index < -0.39 is 5.97 Å². The van der Waals surface area contributed by atoms with Crippen LogP contribution in [-0.4, -0.2) is 23.5 Å². The number of carbonyl (C=O) groups excluding carboxylic acids is 1. The van der Waals surface area contributed by atoms with E-state index in [-0.39, 0.29) is 18.9 Å². The van der Waals surface area contributed by atoms with E-state index in [1.807, 2.05) is 0 Å². The Bertz CT molecular complexity index is 471. The van der Waals surface area contributed by atoms with Crippen LogP contribution in [-0.2, 0) is 16.0 Å². The average molecular weight is 277 g/mol. The van der Waals surface area contributed by atoms with Crippen LogP contribution in [0.3, 0.4) is 0 Å². The SMILES string of the molecule is Cc1cc(C)c(CCCC(=O)NCCC(=O)O)c(C)c1. The van der Waals surface area contributed by atoms with E-state index in [2.05, 4.69) is 38.2 Å². The lowest BCUT2D eigenvalue weighted by Crippen LogP contribution is -2.25. The minimum absolute atomic E-state index is 0.0259. The second-order valence-corrected chi connectivity index (χ2v) is 5.22. The zero-order valence-corrected chi connectivity index (χ0v) is 12.5. The first-order valence-corrected chi connectivity index (χ1v) is 6.95. The fourth-order valence-electron chi connectivity index (χ4n) is 2.43. The van der Waals surface area contributed by atoms with Gasteiger partial charge in [0, 0.05) is 13.0 Å². The van der Waals surface area contributed by atoms with E-state index in [4.69, 9.17) is 5.11 Å². The molecule has 110 valence electrons. The number of hydrogen-bond acceptors (Lipinski definition) is 2. The van der Waals surface area contributed by atoms with Gasteiger partial charge in [0.2, 0.25) is 5.91 Å². The van der Waals surface area contributed by atoms with Crippen LogP contribution < -0.4 is 5.32 Å². The molecule has 0 saturated heterocycles. The van der Waals surface area contributed by atoms with E-state index >= 15 is 0 Å². The van der Waals surface area contributed by atoms with Crippen molar-refractivity contribution in [3.63, 3.8) is 0 Å². The van der Waals surface area contributed by atoms with Gasteiger partial charge in [0.1, 0.15) is 0 Å². The number of aliphatic carboxylic acids is 1. The molecule has 0 fully saturated rings. The molecular weight excluding hydrogens is 254 g/mol. The van der Waals surface area contributed by atoms with E-state index in [1.165, 1.54) is 22.3 Å². The van der Waals surface area contributed by atoms with Crippen molar-refractivity contribution in [3.05, 3.63) is 34.4 Å². The lowest BCUT2D eigenvalue weighted by molar-refractivity contribution is -0.136. The van der Waals surface area contributed by atoms with Gasteiger partial charge in [0.05, 0.1) is 6.42 Å². The Morgan fingerprint density at radius 1 is 1.10 bits per heavy atom. The lowest BCUT2D eigenvalue weighted by Gasteiger charge is -2.11. The lowest BCUT2D eigenvalue weighted by atomic mass is 9.95. The molecule has 0 unspecified atom stereocenters. The van der Waals surface area contributed by atoms with Gasteiger partial charge in [-0.1, -0.05) is 17.7 Å². The van der Waals surface area contributed by atoms with E-state index in [1.54, 1.807) is 0 Å². The molecule has 1 aromatic carbocycles. The van der Waals surface area contributed by atoms with E-state index in [0.29, 0.717) is 6.42 Å². The van der Waals surface area contributed by atoms with Crippen LogP contribution in [0.15, 0.2) is 12.1 Å². The fourth-order valence-corrected chi connectivity index (χ4v) is 2.43. The van der Waals surface area contributed by atoms with Crippen molar-refractivity contribution in [2.45, 2.75) is 46.5 Å². The Hall–Kier alpha value is -1.84. The number of nitrogens with one attached hydrogen (secondary N) is 1. The van der Waals surface area contributed by atoms with Crippen LogP contribution in [0.1, 0.15) is 41.5 Å². The van der Waals surface area contributed by atoms with Crippen molar-refractivity contribution in [3.8, 4) is 0 Å². The van der Waals surface area contributed by atoms with Crippen molar-refractivity contribution in [1.82, 2.24) is 5.32 Å². The molecule has 4 heteroatoms. The maximum absolute atomic E-state index is 11.5. The van der Waals surface area contributed by atoms with Crippen LogP contribution in [0, 0.1) is 20.8 Å². The molecule has 1 rings (SSSR count). The summed E-state index contributed by atoms with van der Waals surface area (Å²) in [5.74, 6) is -0.968. The summed E-state index contributed by atoms with van der Waals surface area (Å²) in [6.07, 6.45) is 2.07. The first-order valence-electron chi connectivity index (χ1n) is 6.95. The van der Waals surface area contributed by atoms with Gasteiger partial charge in [-0.25, -0.2) is 0 Å². The highest BCUT2D eigenvalue weighted by Crippen LogP contribution is 2.18. The maximum Gasteiger partial charge on any atom is 0.305 e. The summed E-state index contributed by atoms with van der Waals surface area (Å²) in [5, 5.41) is 11.1. The molecule has 20 heavy (non-hydrogen) atoms. The van der Waals surface area contributed by atoms with E-state index in [9.17, 15) is 9.59 Å². The van der Waals surface area contributed by atoms with Gasteiger partial charge in [-0.15, -0.1) is 0 Å². The second kappa shape index (κ2) is 7.68. The van der Waals surface area contributed by atoms with Crippen molar-refractivity contribution in [1.29, 1.82) is 0 Å². The largest absolute Gasteiger partial charge is 0.481 e. The van der Waals surface area contributed by atoms with Crippen molar-refractivity contribution in [2.24, 2.45) is 0 Å². The summed E-state index contributed by atoms with van der Waals surface area (Å²) in [4.78, 5) is 21.9. The second-order valence-electron chi connectivity index (χ2n) is 5.22. The minimum atomic E-state index is -0.892. The standard InChI is InChI=1S/C16H23NO3/c1-11-9-12(2)14(13(3)10-11)5-4-6-15(18)17-8-7-16(19)20/h9-10H,4-8H2,1-3H3,(H,17,18)(H,19,20). The molecule has 0 bridgehead atoms.